The lowest BCUT2D eigenvalue weighted by Crippen LogP contribution is -2.51. The number of carbonyl (C=O) groups excluding carboxylic acids is 1. The fraction of sp³-hybridized carbons (Fsp3) is 0.906. The normalized spacial score (nSPS) is 40.5. The summed E-state index contributed by atoms with van der Waals surface area (Å²) >= 11 is 6.29. The fourth-order valence-electron chi connectivity index (χ4n) is 9.25. The lowest BCUT2D eigenvalue weighted by Gasteiger charge is -2.58. The number of hydrogen-bond acceptors (Lipinski definition) is 2. The molecule has 0 bridgehead atoms. The van der Waals surface area contributed by atoms with Gasteiger partial charge in [0, 0.05) is 6.42 Å². The molecule has 0 aromatic rings. The van der Waals surface area contributed by atoms with Crippen molar-refractivity contribution in [3.8, 4) is 0 Å². The molecule has 0 aromatic carbocycles. The summed E-state index contributed by atoms with van der Waals surface area (Å²) in [5.74, 6) is 5.05. The molecule has 0 unspecified atom stereocenters. The first-order valence-electron chi connectivity index (χ1n) is 15.0. The van der Waals surface area contributed by atoms with E-state index >= 15 is 0 Å². The first-order chi connectivity index (χ1) is 16.5. The zero-order valence-electron chi connectivity index (χ0n) is 23.7. The molecule has 200 valence electrons. The van der Waals surface area contributed by atoms with Gasteiger partial charge in [-0.1, -0.05) is 79.4 Å². The predicted octanol–water partition coefficient (Wildman–Crippen LogP) is 9.20. The Morgan fingerprint density at radius 2 is 1.77 bits per heavy atom. The van der Waals surface area contributed by atoms with Crippen LogP contribution >= 0.6 is 11.6 Å². The van der Waals surface area contributed by atoms with E-state index in [-0.39, 0.29) is 18.0 Å². The zero-order valence-corrected chi connectivity index (χ0v) is 24.5. The molecule has 0 amide bonds. The number of hydrogen-bond donors (Lipinski definition) is 0. The summed E-state index contributed by atoms with van der Waals surface area (Å²) in [6.45, 7) is 16.5. The third kappa shape index (κ3) is 5.26. The van der Waals surface area contributed by atoms with Crippen LogP contribution in [0.25, 0.3) is 0 Å². The third-order valence-corrected chi connectivity index (χ3v) is 12.0. The van der Waals surface area contributed by atoms with Crippen molar-refractivity contribution in [1.82, 2.24) is 0 Å². The Hall–Kier alpha value is -0.500. The Balaban J connectivity index is 1.43. The topological polar surface area (TPSA) is 26.3 Å². The number of alkyl halides is 1. The van der Waals surface area contributed by atoms with Gasteiger partial charge in [0.1, 0.15) is 11.5 Å². The number of fused-ring (bicyclic) bond motifs is 5. The average Bonchev–Trinajstić information content (AvgIpc) is 3.15. The number of ether oxygens (including phenoxy) is 1. The van der Waals surface area contributed by atoms with E-state index in [1.165, 1.54) is 51.4 Å². The number of esters is 1. The molecule has 0 saturated heterocycles. The van der Waals surface area contributed by atoms with Gasteiger partial charge >= 0.3 is 5.97 Å². The SMILES string of the molecule is CC(C)CCC[C@@H](C)[C@H]1CC[C@H]2[C@@H]3CC=C4C[C@@H](OC(=O)[C@@H](Cl)C(C)C)CC[C@]4(C)[C@H]3CC[C@]12C. The van der Waals surface area contributed by atoms with Crippen molar-refractivity contribution in [3.63, 3.8) is 0 Å². The minimum absolute atomic E-state index is 0.00906. The summed E-state index contributed by atoms with van der Waals surface area (Å²) in [6.07, 6.45) is 16.8. The van der Waals surface area contributed by atoms with E-state index in [2.05, 4.69) is 40.7 Å². The summed E-state index contributed by atoms with van der Waals surface area (Å²) in [5, 5.41) is -0.535. The van der Waals surface area contributed by atoms with E-state index in [9.17, 15) is 4.79 Å². The minimum Gasteiger partial charge on any atom is -0.461 e. The highest BCUT2D eigenvalue weighted by atomic mass is 35.5. The van der Waals surface area contributed by atoms with Crippen LogP contribution in [0.15, 0.2) is 11.6 Å². The van der Waals surface area contributed by atoms with Crippen LogP contribution in [0, 0.1) is 52.3 Å². The maximum absolute atomic E-state index is 12.5. The lowest BCUT2D eigenvalue weighted by molar-refractivity contribution is -0.151. The highest BCUT2D eigenvalue weighted by Crippen LogP contribution is 2.67. The second kappa shape index (κ2) is 10.7. The van der Waals surface area contributed by atoms with Crippen LogP contribution in [0.3, 0.4) is 0 Å². The molecule has 4 aliphatic carbocycles. The van der Waals surface area contributed by atoms with Gasteiger partial charge in [-0.3, -0.25) is 4.79 Å². The predicted molar refractivity (Wildman–Crippen MR) is 147 cm³/mol. The summed E-state index contributed by atoms with van der Waals surface area (Å²) in [6, 6.07) is 0. The highest BCUT2D eigenvalue weighted by molar-refractivity contribution is 6.30. The number of carbonyl (C=O) groups is 1. The van der Waals surface area contributed by atoms with Crippen molar-refractivity contribution in [2.45, 2.75) is 131 Å². The average molecular weight is 505 g/mol. The van der Waals surface area contributed by atoms with E-state index in [0.717, 1.165) is 54.8 Å². The van der Waals surface area contributed by atoms with Crippen molar-refractivity contribution in [2.24, 2.45) is 52.3 Å². The lowest BCUT2D eigenvalue weighted by atomic mass is 9.47. The molecule has 35 heavy (non-hydrogen) atoms. The van der Waals surface area contributed by atoms with Crippen LogP contribution in [-0.4, -0.2) is 17.5 Å². The van der Waals surface area contributed by atoms with Crippen molar-refractivity contribution < 1.29 is 9.53 Å². The second-order valence-corrected chi connectivity index (χ2v) is 14.7. The fourth-order valence-corrected chi connectivity index (χ4v) is 9.31. The quantitative estimate of drug-likeness (QED) is 0.187. The molecule has 0 N–H and O–H groups in total. The van der Waals surface area contributed by atoms with Crippen molar-refractivity contribution in [1.29, 1.82) is 0 Å². The Morgan fingerprint density at radius 3 is 2.46 bits per heavy atom. The minimum atomic E-state index is -0.535. The first-order valence-corrected chi connectivity index (χ1v) is 15.4. The summed E-state index contributed by atoms with van der Waals surface area (Å²) in [7, 11) is 0. The smallest absolute Gasteiger partial charge is 0.324 e. The Labute approximate surface area is 221 Å². The van der Waals surface area contributed by atoms with E-state index in [1.54, 1.807) is 5.57 Å². The third-order valence-electron chi connectivity index (χ3n) is 11.4. The van der Waals surface area contributed by atoms with Crippen molar-refractivity contribution in [2.75, 3.05) is 0 Å². The van der Waals surface area contributed by atoms with E-state index in [0.29, 0.717) is 10.8 Å². The maximum atomic E-state index is 12.5. The molecule has 2 nitrogen and oxygen atoms in total. The summed E-state index contributed by atoms with van der Waals surface area (Å²) < 4.78 is 5.91. The van der Waals surface area contributed by atoms with Gasteiger partial charge in [-0.05, 0) is 97.2 Å². The van der Waals surface area contributed by atoms with Crippen LogP contribution in [-0.2, 0) is 9.53 Å². The summed E-state index contributed by atoms with van der Waals surface area (Å²) in [4.78, 5) is 12.5. The van der Waals surface area contributed by atoms with Crippen LogP contribution in [0.5, 0.6) is 0 Å². The molecule has 4 rings (SSSR count). The zero-order chi connectivity index (χ0) is 25.5. The van der Waals surface area contributed by atoms with Gasteiger partial charge in [-0.25, -0.2) is 0 Å². The van der Waals surface area contributed by atoms with E-state index in [4.69, 9.17) is 16.3 Å². The van der Waals surface area contributed by atoms with Crippen LogP contribution in [0.1, 0.15) is 119 Å². The molecule has 3 heteroatoms. The number of rotatable bonds is 8. The molecule has 3 saturated carbocycles. The largest absolute Gasteiger partial charge is 0.461 e. The van der Waals surface area contributed by atoms with Crippen LogP contribution in [0.2, 0.25) is 0 Å². The Morgan fingerprint density at radius 1 is 1.03 bits per heavy atom. The Kier molecular flexibility index (Phi) is 8.42. The monoisotopic (exact) mass is 504 g/mol. The molecule has 0 heterocycles. The van der Waals surface area contributed by atoms with Gasteiger partial charge in [0.15, 0.2) is 0 Å². The first kappa shape index (κ1) is 27.5. The standard InChI is InChI=1S/C32H53ClO2/c1-20(2)9-8-10-22(5)26-13-14-27-25-12-11-23-19-24(35-30(34)29(33)21(3)4)15-17-31(23,6)28(25)16-18-32(26,27)7/h11,20-22,24-29H,8-10,12-19H2,1-7H3/t22-,24+,25+,26-,27+,28+,29+,31+,32-/m1/s1. The molecule has 0 radical (unpaired) electrons. The van der Waals surface area contributed by atoms with Gasteiger partial charge < -0.3 is 4.74 Å². The second-order valence-electron chi connectivity index (χ2n) is 14.2. The van der Waals surface area contributed by atoms with Gasteiger partial charge in [-0.15, -0.1) is 11.6 Å². The molecular formula is C32H53ClO2. The maximum Gasteiger partial charge on any atom is 0.324 e. The molecule has 0 aromatic heterocycles. The molecule has 9 atom stereocenters. The van der Waals surface area contributed by atoms with Crippen molar-refractivity contribution in [3.05, 3.63) is 11.6 Å². The molecule has 4 aliphatic rings. The highest BCUT2D eigenvalue weighted by Gasteiger charge is 2.59. The van der Waals surface area contributed by atoms with E-state index < -0.39 is 5.38 Å². The van der Waals surface area contributed by atoms with Gasteiger partial charge in [-0.2, -0.15) is 0 Å². The summed E-state index contributed by atoms with van der Waals surface area (Å²) in [5.41, 5.74) is 2.42. The number of halogens is 1. The van der Waals surface area contributed by atoms with Crippen LogP contribution in [0.4, 0.5) is 0 Å². The molecular weight excluding hydrogens is 452 g/mol. The van der Waals surface area contributed by atoms with Gasteiger partial charge in [0.05, 0.1) is 0 Å². The van der Waals surface area contributed by atoms with Crippen molar-refractivity contribution >= 4 is 17.6 Å². The molecule has 0 aliphatic heterocycles. The molecule has 0 spiro atoms. The van der Waals surface area contributed by atoms with Crippen LogP contribution < -0.4 is 0 Å². The molecule has 3 fully saturated rings. The Bertz CT molecular complexity index is 786. The number of allylic oxidation sites excluding steroid dienone is 1. The van der Waals surface area contributed by atoms with Gasteiger partial charge in [0.25, 0.3) is 0 Å². The van der Waals surface area contributed by atoms with Gasteiger partial charge in [0.2, 0.25) is 0 Å². The van der Waals surface area contributed by atoms with E-state index in [1.807, 2.05) is 13.8 Å².